The molecule has 0 saturated carbocycles. The number of halogens is 13. The Hall–Kier alpha value is -1.25. The Kier molecular flexibility index (Phi) is 7.17. The number of hydrogen-bond donors (Lipinski definition) is 1. The van der Waals surface area contributed by atoms with Gasteiger partial charge in [0.15, 0.2) is 5.92 Å². The third kappa shape index (κ3) is 5.36. The minimum Gasteiger partial charge on any atom is -0.395 e. The molecule has 150 valence electrons. The fraction of sp³-hybridized carbons (Fsp3) is 0.800. The van der Waals surface area contributed by atoms with Crippen molar-refractivity contribution in [2.24, 2.45) is 5.92 Å². The van der Waals surface area contributed by atoms with Gasteiger partial charge in [0.25, 0.3) is 0 Å². The van der Waals surface area contributed by atoms with Crippen molar-refractivity contribution in [3.63, 3.8) is 0 Å². The van der Waals surface area contributed by atoms with Gasteiger partial charge in [0.1, 0.15) is 0 Å². The molecule has 0 fully saturated rings. The fourth-order valence-electron chi connectivity index (χ4n) is 1.67. The van der Waals surface area contributed by atoms with Gasteiger partial charge in [0.2, 0.25) is 5.83 Å². The summed E-state index contributed by atoms with van der Waals surface area (Å²) >= 11 is 0. The molecule has 0 aliphatic rings. The molecular formula is C10H8F13NO. The van der Waals surface area contributed by atoms with E-state index in [9.17, 15) is 57.1 Å². The smallest absolute Gasteiger partial charge is 0.395 e. The Morgan fingerprint density at radius 1 is 0.800 bits per heavy atom. The van der Waals surface area contributed by atoms with Gasteiger partial charge in [-0.15, -0.1) is 0 Å². The van der Waals surface area contributed by atoms with Gasteiger partial charge in [-0.2, -0.15) is 48.3 Å². The Bertz CT molecular complexity index is 461. The largest absolute Gasteiger partial charge is 0.443 e. The lowest BCUT2D eigenvalue weighted by Crippen LogP contribution is -2.60. The highest BCUT2D eigenvalue weighted by molar-refractivity contribution is 5.14. The van der Waals surface area contributed by atoms with Gasteiger partial charge >= 0.3 is 30.4 Å². The van der Waals surface area contributed by atoms with Crippen molar-refractivity contribution in [2.75, 3.05) is 19.7 Å². The van der Waals surface area contributed by atoms with Crippen LogP contribution in [0.3, 0.4) is 0 Å². The molecule has 1 N–H and O–H groups in total. The van der Waals surface area contributed by atoms with E-state index in [2.05, 4.69) is 0 Å². The maximum absolute atomic E-state index is 14.0. The molecule has 0 aromatic rings. The maximum atomic E-state index is 14.0. The van der Waals surface area contributed by atoms with Crippen LogP contribution in [-0.4, -0.2) is 54.0 Å². The van der Waals surface area contributed by atoms with Crippen molar-refractivity contribution in [1.82, 2.24) is 4.90 Å². The lowest BCUT2D eigenvalue weighted by Gasteiger charge is -2.39. The van der Waals surface area contributed by atoms with Crippen LogP contribution in [0, 0.1) is 5.92 Å². The van der Waals surface area contributed by atoms with Crippen LogP contribution in [0.4, 0.5) is 57.1 Å². The van der Waals surface area contributed by atoms with Gasteiger partial charge < -0.3 is 5.11 Å². The first kappa shape index (κ1) is 23.8. The van der Waals surface area contributed by atoms with Crippen LogP contribution in [0.15, 0.2) is 11.9 Å². The van der Waals surface area contributed by atoms with Crippen molar-refractivity contribution in [1.29, 1.82) is 0 Å². The molecular weight excluding hydrogens is 397 g/mol. The minimum absolute atomic E-state index is 1.53. The molecule has 0 aliphatic carbocycles. The molecule has 0 aromatic carbocycles. The van der Waals surface area contributed by atoms with Crippen LogP contribution < -0.4 is 0 Å². The quantitative estimate of drug-likeness (QED) is 0.526. The van der Waals surface area contributed by atoms with Crippen LogP contribution in [0.2, 0.25) is 0 Å². The summed E-state index contributed by atoms with van der Waals surface area (Å²) in [4.78, 5) is -1.53. The van der Waals surface area contributed by atoms with Crippen molar-refractivity contribution in [2.45, 2.75) is 24.3 Å². The molecule has 15 heteroatoms. The summed E-state index contributed by atoms with van der Waals surface area (Å²) in [5.74, 6) is -14.6. The van der Waals surface area contributed by atoms with Crippen LogP contribution >= 0.6 is 0 Å². The molecule has 1 atom stereocenters. The van der Waals surface area contributed by atoms with Gasteiger partial charge in [0.05, 0.1) is 6.61 Å². The Labute approximate surface area is 130 Å². The minimum atomic E-state index is -6.68. The molecule has 1 unspecified atom stereocenters. The summed E-state index contributed by atoms with van der Waals surface area (Å²) in [5, 5.41) is 8.44. The molecule has 2 nitrogen and oxygen atoms in total. The van der Waals surface area contributed by atoms with Crippen LogP contribution in [0.1, 0.15) is 0 Å². The van der Waals surface area contributed by atoms with Crippen molar-refractivity contribution < 1.29 is 62.2 Å². The first-order chi connectivity index (χ1) is 10.9. The summed E-state index contributed by atoms with van der Waals surface area (Å²) in [6.07, 6.45) is -23.1. The van der Waals surface area contributed by atoms with Gasteiger partial charge in [-0.3, -0.25) is 4.90 Å². The van der Waals surface area contributed by atoms with E-state index in [1.165, 1.54) is 0 Å². The zero-order valence-corrected chi connectivity index (χ0v) is 11.5. The summed E-state index contributed by atoms with van der Waals surface area (Å²) in [5.41, 5.74) is 0. The molecule has 0 radical (unpaired) electrons. The predicted molar refractivity (Wildman–Crippen MR) is 54.5 cm³/mol. The second-order valence-corrected chi connectivity index (χ2v) is 4.50. The number of nitrogens with zero attached hydrogens (tertiary/aromatic N) is 1. The van der Waals surface area contributed by atoms with Gasteiger partial charge in [-0.05, 0) is 0 Å². The summed E-state index contributed by atoms with van der Waals surface area (Å²) < 4.78 is 164. The molecule has 0 bridgehead atoms. The summed E-state index contributed by atoms with van der Waals surface area (Å²) in [6.45, 7) is -6.57. The van der Waals surface area contributed by atoms with Crippen molar-refractivity contribution in [3.05, 3.63) is 11.9 Å². The van der Waals surface area contributed by atoms with Crippen LogP contribution in [-0.2, 0) is 0 Å². The molecule has 25 heavy (non-hydrogen) atoms. The van der Waals surface area contributed by atoms with Crippen LogP contribution in [0.25, 0.3) is 0 Å². The Morgan fingerprint density at radius 2 is 1.20 bits per heavy atom. The number of rotatable bonds is 6. The normalized spacial score (nSPS) is 16.3. The van der Waals surface area contributed by atoms with E-state index in [-0.39, 0.29) is 0 Å². The lowest BCUT2D eigenvalue weighted by molar-refractivity contribution is -0.313. The lowest BCUT2D eigenvalue weighted by atomic mass is 10.0. The molecule has 0 heterocycles. The highest BCUT2D eigenvalue weighted by Crippen LogP contribution is 2.47. The fourth-order valence-corrected chi connectivity index (χ4v) is 1.67. The third-order valence-electron chi connectivity index (χ3n) is 2.83. The van der Waals surface area contributed by atoms with Crippen molar-refractivity contribution in [3.8, 4) is 0 Å². The number of aliphatic hydroxyl groups is 1. The van der Waals surface area contributed by atoms with E-state index in [0.717, 1.165) is 0 Å². The van der Waals surface area contributed by atoms with Gasteiger partial charge in [-0.25, -0.2) is 8.78 Å². The highest BCUT2D eigenvalue weighted by atomic mass is 19.4. The Morgan fingerprint density at radius 3 is 1.44 bits per heavy atom. The number of hydrogen-bond acceptors (Lipinski definition) is 2. The molecule has 0 aromatic heterocycles. The highest BCUT2D eigenvalue weighted by Gasteiger charge is 2.67. The van der Waals surface area contributed by atoms with Crippen LogP contribution in [0.5, 0.6) is 0 Å². The molecule has 0 aliphatic heterocycles. The summed E-state index contributed by atoms with van der Waals surface area (Å²) in [7, 11) is 0. The average molecular weight is 405 g/mol. The maximum Gasteiger partial charge on any atom is 0.443 e. The molecule has 0 saturated heterocycles. The van der Waals surface area contributed by atoms with E-state index in [1.54, 1.807) is 0 Å². The van der Waals surface area contributed by atoms with E-state index in [1.807, 2.05) is 0 Å². The van der Waals surface area contributed by atoms with E-state index < -0.39 is 66.7 Å². The van der Waals surface area contributed by atoms with E-state index in [4.69, 9.17) is 5.11 Å². The molecule has 0 rings (SSSR count). The second kappa shape index (κ2) is 7.55. The predicted octanol–water partition coefficient (Wildman–Crippen LogP) is 4.33. The SMILES string of the molecule is OCCN(CC(C(F)(F)F)C(F)(F)F)C(F)(C(F)=C(F)F)C(F)(F)F. The first-order valence-corrected chi connectivity index (χ1v) is 5.86. The summed E-state index contributed by atoms with van der Waals surface area (Å²) in [6, 6.07) is 0. The first-order valence-electron chi connectivity index (χ1n) is 5.86. The van der Waals surface area contributed by atoms with Gasteiger partial charge in [-0.1, -0.05) is 0 Å². The second-order valence-electron chi connectivity index (χ2n) is 4.50. The molecule has 0 amide bonds. The Balaban J connectivity index is 6.27. The van der Waals surface area contributed by atoms with E-state index >= 15 is 0 Å². The standard InChI is InChI=1S/C10H8F13NO/c11-5(6(12)13)7(14,10(21,22)23)24(1-2-25)3-4(8(15,16)17)9(18,19)20/h4,25H,1-3H2. The molecule has 0 spiro atoms. The van der Waals surface area contributed by atoms with Gasteiger partial charge in [0, 0.05) is 13.1 Å². The average Bonchev–Trinajstić information content (AvgIpc) is 2.37. The monoisotopic (exact) mass is 405 g/mol. The number of aliphatic hydroxyl groups excluding tert-OH is 1. The third-order valence-corrected chi connectivity index (χ3v) is 2.83. The number of alkyl halides is 10. The van der Waals surface area contributed by atoms with Crippen molar-refractivity contribution >= 4 is 0 Å². The zero-order chi connectivity index (χ0) is 20.4. The zero-order valence-electron chi connectivity index (χ0n) is 11.5. The topological polar surface area (TPSA) is 23.5 Å². The van der Waals surface area contributed by atoms with E-state index in [0.29, 0.717) is 0 Å².